The Kier molecular flexibility index (Phi) is 4.50. The second-order valence-corrected chi connectivity index (χ2v) is 4.43. The number of hydrogen-bond acceptors (Lipinski definition) is 3. The minimum atomic E-state index is 0.0571. The molecule has 1 unspecified atom stereocenters. The first-order valence-electron chi connectivity index (χ1n) is 6.24. The molecule has 1 saturated heterocycles. The van der Waals surface area contributed by atoms with Crippen LogP contribution in [0.2, 0.25) is 0 Å². The fourth-order valence-corrected chi connectivity index (χ4v) is 2.12. The van der Waals surface area contributed by atoms with Gasteiger partial charge in [0.05, 0.1) is 6.42 Å². The van der Waals surface area contributed by atoms with E-state index in [4.69, 9.17) is 0 Å². The summed E-state index contributed by atoms with van der Waals surface area (Å²) < 4.78 is 0. The molecular weight excluding hydrogens is 214 g/mol. The lowest BCUT2D eigenvalue weighted by Crippen LogP contribution is -2.31. The fraction of sp³-hybridized carbons (Fsp3) is 0.538. The average molecular weight is 233 g/mol. The predicted molar refractivity (Wildman–Crippen MR) is 66.6 cm³/mol. The number of rotatable bonds is 5. The molecule has 1 aromatic rings. The second kappa shape index (κ2) is 6.35. The number of hydrogen-bond donors (Lipinski definition) is 2. The van der Waals surface area contributed by atoms with Crippen LogP contribution in [0.25, 0.3) is 0 Å². The zero-order valence-corrected chi connectivity index (χ0v) is 9.98. The van der Waals surface area contributed by atoms with Gasteiger partial charge in [0.1, 0.15) is 0 Å². The molecule has 1 aliphatic rings. The number of nitrogens with zero attached hydrogens (tertiary/aromatic N) is 1. The summed E-state index contributed by atoms with van der Waals surface area (Å²) in [4.78, 5) is 15.7. The van der Waals surface area contributed by atoms with E-state index in [1.165, 1.54) is 12.8 Å². The van der Waals surface area contributed by atoms with Crippen molar-refractivity contribution in [2.24, 2.45) is 0 Å². The van der Waals surface area contributed by atoms with Crippen LogP contribution in [0.15, 0.2) is 24.4 Å². The summed E-state index contributed by atoms with van der Waals surface area (Å²) in [5, 5.41) is 6.36. The van der Waals surface area contributed by atoms with Gasteiger partial charge in [0.15, 0.2) is 0 Å². The molecule has 1 fully saturated rings. The van der Waals surface area contributed by atoms with E-state index in [0.717, 1.165) is 25.2 Å². The van der Waals surface area contributed by atoms with Gasteiger partial charge in [-0.25, -0.2) is 0 Å². The first-order chi connectivity index (χ1) is 8.34. The van der Waals surface area contributed by atoms with Crippen LogP contribution in [0.1, 0.15) is 25.0 Å². The van der Waals surface area contributed by atoms with Crippen LogP contribution in [0.3, 0.4) is 0 Å². The maximum Gasteiger partial charge on any atom is 0.226 e. The van der Waals surface area contributed by atoms with Gasteiger partial charge in [-0.2, -0.15) is 0 Å². The van der Waals surface area contributed by atoms with Gasteiger partial charge in [-0.3, -0.25) is 9.78 Å². The quantitative estimate of drug-likeness (QED) is 0.794. The van der Waals surface area contributed by atoms with E-state index < -0.39 is 0 Å². The van der Waals surface area contributed by atoms with Gasteiger partial charge in [0, 0.05) is 24.5 Å². The summed E-state index contributed by atoms with van der Waals surface area (Å²) in [7, 11) is 0. The Hall–Kier alpha value is -1.42. The van der Waals surface area contributed by atoms with E-state index >= 15 is 0 Å². The smallest absolute Gasteiger partial charge is 0.226 e. The fourth-order valence-electron chi connectivity index (χ4n) is 2.12. The largest absolute Gasteiger partial charge is 0.356 e. The van der Waals surface area contributed by atoms with E-state index in [1.807, 2.05) is 18.2 Å². The Bertz CT molecular complexity index is 347. The van der Waals surface area contributed by atoms with Crippen LogP contribution in [-0.2, 0) is 11.2 Å². The topological polar surface area (TPSA) is 54.0 Å². The van der Waals surface area contributed by atoms with Gasteiger partial charge in [-0.15, -0.1) is 0 Å². The van der Waals surface area contributed by atoms with Crippen molar-refractivity contribution in [2.75, 3.05) is 13.1 Å². The molecule has 4 nitrogen and oxygen atoms in total. The molecule has 0 spiro atoms. The van der Waals surface area contributed by atoms with Crippen LogP contribution >= 0.6 is 0 Å². The molecule has 4 heteroatoms. The Labute approximate surface area is 102 Å². The highest BCUT2D eigenvalue weighted by Crippen LogP contribution is 2.07. The third-order valence-corrected chi connectivity index (χ3v) is 3.05. The highest BCUT2D eigenvalue weighted by Gasteiger charge is 2.13. The number of nitrogens with one attached hydrogen (secondary N) is 2. The molecule has 0 radical (unpaired) electrons. The summed E-state index contributed by atoms with van der Waals surface area (Å²) in [6.07, 6.45) is 5.60. The highest BCUT2D eigenvalue weighted by atomic mass is 16.1. The number of pyridine rings is 1. The van der Waals surface area contributed by atoms with Crippen LogP contribution in [0, 0.1) is 0 Å². The molecule has 1 atom stereocenters. The van der Waals surface area contributed by atoms with Crippen molar-refractivity contribution in [1.82, 2.24) is 15.6 Å². The minimum Gasteiger partial charge on any atom is -0.356 e. The summed E-state index contributed by atoms with van der Waals surface area (Å²) >= 11 is 0. The molecule has 2 heterocycles. The SMILES string of the molecule is O=C(Cc1ccccn1)NCCC1CCCN1. The van der Waals surface area contributed by atoms with Gasteiger partial charge in [-0.1, -0.05) is 6.07 Å². The first-order valence-corrected chi connectivity index (χ1v) is 6.24. The van der Waals surface area contributed by atoms with E-state index in [-0.39, 0.29) is 5.91 Å². The number of amides is 1. The third-order valence-electron chi connectivity index (χ3n) is 3.05. The number of carbonyl (C=O) groups excluding carboxylic acids is 1. The van der Waals surface area contributed by atoms with Crippen molar-refractivity contribution < 1.29 is 4.79 Å². The normalized spacial score (nSPS) is 19.2. The molecule has 0 bridgehead atoms. The minimum absolute atomic E-state index is 0.0571. The third kappa shape index (κ3) is 4.15. The summed E-state index contributed by atoms with van der Waals surface area (Å²) in [6.45, 7) is 1.87. The Balaban J connectivity index is 1.64. The molecule has 0 aromatic carbocycles. The van der Waals surface area contributed by atoms with Crippen molar-refractivity contribution in [2.45, 2.75) is 31.7 Å². The van der Waals surface area contributed by atoms with Crippen molar-refractivity contribution >= 4 is 5.91 Å². The van der Waals surface area contributed by atoms with E-state index in [0.29, 0.717) is 12.5 Å². The standard InChI is InChI=1S/C13H19N3O/c17-13(10-12-4-1-2-7-15-12)16-9-6-11-5-3-8-14-11/h1-2,4,7,11,14H,3,5-6,8-10H2,(H,16,17). The van der Waals surface area contributed by atoms with Gasteiger partial charge < -0.3 is 10.6 Å². The van der Waals surface area contributed by atoms with Crippen molar-refractivity contribution in [3.63, 3.8) is 0 Å². The highest BCUT2D eigenvalue weighted by molar-refractivity contribution is 5.77. The average Bonchev–Trinajstić information content (AvgIpc) is 2.83. The lowest BCUT2D eigenvalue weighted by molar-refractivity contribution is -0.120. The molecule has 1 amide bonds. The Morgan fingerprint density at radius 3 is 3.18 bits per heavy atom. The van der Waals surface area contributed by atoms with E-state index in [9.17, 15) is 4.79 Å². The Morgan fingerprint density at radius 1 is 1.53 bits per heavy atom. The van der Waals surface area contributed by atoms with E-state index in [1.54, 1.807) is 6.20 Å². The van der Waals surface area contributed by atoms with Crippen LogP contribution in [-0.4, -0.2) is 30.0 Å². The van der Waals surface area contributed by atoms with Crippen LogP contribution < -0.4 is 10.6 Å². The van der Waals surface area contributed by atoms with Crippen molar-refractivity contribution in [3.8, 4) is 0 Å². The summed E-state index contributed by atoms with van der Waals surface area (Å²) in [6, 6.07) is 6.22. The predicted octanol–water partition coefficient (Wildman–Crippen LogP) is 0.882. The zero-order chi connectivity index (χ0) is 11.9. The maximum absolute atomic E-state index is 11.6. The second-order valence-electron chi connectivity index (χ2n) is 4.43. The maximum atomic E-state index is 11.6. The summed E-state index contributed by atoms with van der Waals surface area (Å²) in [5.74, 6) is 0.0571. The van der Waals surface area contributed by atoms with Gasteiger partial charge in [0.25, 0.3) is 0 Å². The van der Waals surface area contributed by atoms with Crippen LogP contribution in [0.4, 0.5) is 0 Å². The van der Waals surface area contributed by atoms with E-state index in [2.05, 4.69) is 15.6 Å². The molecule has 2 rings (SSSR count). The Morgan fingerprint density at radius 2 is 2.47 bits per heavy atom. The molecule has 1 aromatic heterocycles. The van der Waals surface area contributed by atoms with Gasteiger partial charge >= 0.3 is 0 Å². The molecule has 0 saturated carbocycles. The summed E-state index contributed by atoms with van der Waals surface area (Å²) in [5.41, 5.74) is 0.823. The monoisotopic (exact) mass is 233 g/mol. The van der Waals surface area contributed by atoms with Gasteiger partial charge in [0.2, 0.25) is 5.91 Å². The first kappa shape index (κ1) is 12.0. The number of carbonyl (C=O) groups is 1. The molecule has 1 aliphatic heterocycles. The molecular formula is C13H19N3O. The van der Waals surface area contributed by atoms with Crippen LogP contribution in [0.5, 0.6) is 0 Å². The molecule has 17 heavy (non-hydrogen) atoms. The molecule has 92 valence electrons. The lowest BCUT2D eigenvalue weighted by atomic mass is 10.1. The zero-order valence-electron chi connectivity index (χ0n) is 9.98. The van der Waals surface area contributed by atoms with Crippen molar-refractivity contribution in [3.05, 3.63) is 30.1 Å². The number of aromatic nitrogens is 1. The van der Waals surface area contributed by atoms with Gasteiger partial charge in [-0.05, 0) is 37.9 Å². The molecule has 2 N–H and O–H groups in total. The van der Waals surface area contributed by atoms with Crippen molar-refractivity contribution in [1.29, 1.82) is 0 Å². The lowest BCUT2D eigenvalue weighted by Gasteiger charge is -2.10. The molecule has 0 aliphatic carbocycles.